The lowest BCUT2D eigenvalue weighted by Crippen LogP contribution is -2.29. The highest BCUT2D eigenvalue weighted by atomic mass is 16.6. The van der Waals surface area contributed by atoms with E-state index >= 15 is 0 Å². The molecule has 2 aromatic heterocycles. The number of H-pyrrole nitrogens is 1. The Hall–Kier alpha value is -4.51. The molecular formula is C28H33N7O4. The first-order valence-corrected chi connectivity index (χ1v) is 12.6. The first-order chi connectivity index (χ1) is 18.5. The molecule has 11 nitrogen and oxygen atoms in total. The number of carbonyl (C=O) groups is 1. The lowest BCUT2D eigenvalue weighted by atomic mass is 10.1. The molecule has 2 aromatic carbocycles. The van der Waals surface area contributed by atoms with E-state index in [0.717, 1.165) is 23.0 Å². The molecule has 4 rings (SSSR count). The number of carbonyl (C=O) groups excluding carboxylic acids is 1. The van der Waals surface area contributed by atoms with Crippen LogP contribution in [0.2, 0.25) is 0 Å². The zero-order valence-electron chi connectivity index (χ0n) is 23.0. The Morgan fingerprint density at radius 3 is 2.62 bits per heavy atom. The predicted octanol–water partition coefficient (Wildman–Crippen LogP) is 5.15. The minimum Gasteiger partial charge on any atom is -0.459 e. The maximum atomic E-state index is 12.9. The Morgan fingerprint density at radius 1 is 1.18 bits per heavy atom. The number of anilines is 3. The number of nitro groups is 1. The van der Waals surface area contributed by atoms with Gasteiger partial charge in [-0.05, 0) is 52.6 Å². The van der Waals surface area contributed by atoms with Gasteiger partial charge < -0.3 is 24.8 Å². The summed E-state index contributed by atoms with van der Waals surface area (Å²) in [5.41, 5.74) is 4.00. The third kappa shape index (κ3) is 6.15. The van der Waals surface area contributed by atoms with Crippen molar-refractivity contribution in [1.29, 1.82) is 0 Å². The third-order valence-corrected chi connectivity index (χ3v) is 6.25. The summed E-state index contributed by atoms with van der Waals surface area (Å²) in [5, 5.41) is 16.0. The van der Waals surface area contributed by atoms with Crippen LogP contribution in [0.15, 0.2) is 48.8 Å². The minimum absolute atomic E-state index is 0.0293. The number of nitrogens with one attached hydrogen (secondary N) is 2. The van der Waals surface area contributed by atoms with Crippen molar-refractivity contribution < 1.29 is 14.5 Å². The number of fused-ring (bicyclic) bond motifs is 1. The van der Waals surface area contributed by atoms with Crippen LogP contribution in [0.25, 0.3) is 22.2 Å². The van der Waals surface area contributed by atoms with Gasteiger partial charge in [0.05, 0.1) is 22.4 Å². The minimum atomic E-state index is -0.534. The highest BCUT2D eigenvalue weighted by molar-refractivity contribution is 6.02. The summed E-state index contributed by atoms with van der Waals surface area (Å²) >= 11 is 0. The van der Waals surface area contributed by atoms with Gasteiger partial charge in [0.25, 0.3) is 5.69 Å². The Kier molecular flexibility index (Phi) is 8.10. The van der Waals surface area contributed by atoms with Gasteiger partial charge in [0.1, 0.15) is 11.3 Å². The maximum absolute atomic E-state index is 12.9. The Bertz CT molecular complexity index is 1510. The molecule has 0 bridgehead atoms. The normalized spacial score (nSPS) is 11.3. The van der Waals surface area contributed by atoms with Crippen molar-refractivity contribution >= 4 is 39.9 Å². The first kappa shape index (κ1) is 27.5. The molecule has 0 saturated heterocycles. The number of benzene rings is 2. The number of hydrogen-bond donors (Lipinski definition) is 2. The van der Waals surface area contributed by atoms with Gasteiger partial charge >= 0.3 is 5.97 Å². The molecule has 2 heterocycles. The van der Waals surface area contributed by atoms with Gasteiger partial charge in [-0.15, -0.1) is 0 Å². The smallest absolute Gasteiger partial charge is 0.342 e. The number of aromatic amines is 1. The topological polar surface area (TPSA) is 130 Å². The van der Waals surface area contributed by atoms with Gasteiger partial charge in [-0.25, -0.2) is 14.8 Å². The lowest BCUT2D eigenvalue weighted by molar-refractivity contribution is -0.384. The number of nitrogens with zero attached hydrogens (tertiary/aromatic N) is 5. The summed E-state index contributed by atoms with van der Waals surface area (Å²) in [6, 6.07) is 11.0. The number of ether oxygens (including phenoxy) is 1. The number of nitro benzene ring substituents is 1. The second kappa shape index (κ2) is 11.5. The fourth-order valence-corrected chi connectivity index (χ4v) is 4.20. The van der Waals surface area contributed by atoms with E-state index in [0.29, 0.717) is 29.2 Å². The monoisotopic (exact) mass is 531 g/mol. The summed E-state index contributed by atoms with van der Waals surface area (Å²) < 4.78 is 5.44. The van der Waals surface area contributed by atoms with Crippen LogP contribution in [-0.2, 0) is 4.74 Å². The van der Waals surface area contributed by atoms with Crippen molar-refractivity contribution in [2.45, 2.75) is 26.9 Å². The number of aromatic nitrogens is 3. The number of aryl methyl sites for hydroxylation is 1. The van der Waals surface area contributed by atoms with Gasteiger partial charge in [0.2, 0.25) is 5.95 Å². The zero-order valence-corrected chi connectivity index (χ0v) is 23.0. The van der Waals surface area contributed by atoms with E-state index in [2.05, 4.69) is 20.3 Å². The van der Waals surface area contributed by atoms with Crippen molar-refractivity contribution in [1.82, 2.24) is 19.9 Å². The summed E-state index contributed by atoms with van der Waals surface area (Å²) in [6.45, 7) is 6.80. The van der Waals surface area contributed by atoms with Crippen molar-refractivity contribution in [3.63, 3.8) is 0 Å². The van der Waals surface area contributed by atoms with E-state index in [1.54, 1.807) is 26.1 Å². The molecule has 0 unspecified atom stereocenters. The number of esters is 1. The van der Waals surface area contributed by atoms with E-state index in [9.17, 15) is 14.9 Å². The average molecular weight is 532 g/mol. The molecule has 11 heteroatoms. The van der Waals surface area contributed by atoms with Crippen LogP contribution in [0.5, 0.6) is 0 Å². The molecule has 0 aliphatic heterocycles. The quantitative estimate of drug-likeness (QED) is 0.162. The largest absolute Gasteiger partial charge is 0.459 e. The molecule has 0 amide bonds. The molecule has 0 saturated carbocycles. The molecule has 4 aromatic rings. The third-order valence-electron chi connectivity index (χ3n) is 6.25. The first-order valence-electron chi connectivity index (χ1n) is 12.6. The standard InChI is InChI=1S/C28H33N7O4/c1-17(2)39-27(36)21-16-30-28(32-26(21)20-15-29-22-10-8-7-9-19(20)22)31-23-14-25(35(37)38)24(13-18(23)3)34(6)12-11-33(4)5/h7-10,13-17,29H,11-12H2,1-6H3,(H,30,31,32). The number of hydrogen-bond acceptors (Lipinski definition) is 9. The Morgan fingerprint density at radius 2 is 1.92 bits per heavy atom. The fraction of sp³-hybridized carbons (Fsp3) is 0.321. The Labute approximate surface area is 227 Å². The second-order valence-electron chi connectivity index (χ2n) is 9.92. The highest BCUT2D eigenvalue weighted by Crippen LogP contribution is 2.35. The van der Waals surface area contributed by atoms with Crippen LogP contribution in [0, 0.1) is 17.0 Å². The summed E-state index contributed by atoms with van der Waals surface area (Å²) in [6.07, 6.45) is 2.89. The number of rotatable bonds is 10. The van der Waals surface area contributed by atoms with Gasteiger partial charge in [-0.1, -0.05) is 18.2 Å². The van der Waals surface area contributed by atoms with Crippen molar-refractivity contribution in [3.05, 3.63) is 70.0 Å². The van der Waals surface area contributed by atoms with Crippen molar-refractivity contribution in [2.75, 3.05) is 44.4 Å². The molecular weight excluding hydrogens is 498 g/mol. The Balaban J connectivity index is 1.75. The van der Waals surface area contributed by atoms with Crippen molar-refractivity contribution in [2.24, 2.45) is 0 Å². The highest BCUT2D eigenvalue weighted by Gasteiger charge is 2.23. The molecule has 0 fully saturated rings. The van der Waals surface area contributed by atoms with E-state index in [1.165, 1.54) is 12.3 Å². The second-order valence-corrected chi connectivity index (χ2v) is 9.92. The number of likely N-dealkylation sites (N-methyl/N-ethyl adjacent to an activating group) is 2. The molecule has 0 aliphatic carbocycles. The molecule has 2 N–H and O–H groups in total. The van der Waals surface area contributed by atoms with Crippen LogP contribution in [0.1, 0.15) is 29.8 Å². The van der Waals surface area contributed by atoms with Crippen LogP contribution in [0.3, 0.4) is 0 Å². The van der Waals surface area contributed by atoms with Crippen molar-refractivity contribution in [3.8, 4) is 11.3 Å². The molecule has 0 spiro atoms. The van der Waals surface area contributed by atoms with E-state index in [-0.39, 0.29) is 23.3 Å². The molecule has 0 aliphatic rings. The van der Waals surface area contributed by atoms with E-state index in [4.69, 9.17) is 4.74 Å². The van der Waals surface area contributed by atoms with Gasteiger partial charge in [0.15, 0.2) is 0 Å². The van der Waals surface area contributed by atoms with Gasteiger partial charge in [-0.2, -0.15) is 0 Å². The summed E-state index contributed by atoms with van der Waals surface area (Å²) in [4.78, 5) is 40.7. The van der Waals surface area contributed by atoms with Crippen LogP contribution in [-0.4, -0.2) is 71.1 Å². The number of para-hydroxylation sites is 1. The van der Waals surface area contributed by atoms with E-state index in [1.807, 2.05) is 62.1 Å². The summed E-state index contributed by atoms with van der Waals surface area (Å²) in [7, 11) is 5.75. The lowest BCUT2D eigenvalue weighted by Gasteiger charge is -2.22. The molecule has 39 heavy (non-hydrogen) atoms. The fourth-order valence-electron chi connectivity index (χ4n) is 4.20. The van der Waals surface area contributed by atoms with Crippen LogP contribution < -0.4 is 10.2 Å². The van der Waals surface area contributed by atoms with Crippen LogP contribution >= 0.6 is 0 Å². The van der Waals surface area contributed by atoms with E-state index < -0.39 is 10.9 Å². The zero-order chi connectivity index (χ0) is 28.3. The SMILES string of the molecule is Cc1cc(N(C)CCN(C)C)c([N+](=O)[O-])cc1Nc1ncc(C(=O)OC(C)C)c(-c2c[nH]c3ccccc23)n1. The predicted molar refractivity (Wildman–Crippen MR) is 153 cm³/mol. The maximum Gasteiger partial charge on any atom is 0.342 e. The summed E-state index contributed by atoms with van der Waals surface area (Å²) in [5.74, 6) is -0.337. The van der Waals surface area contributed by atoms with Gasteiger partial charge in [0, 0.05) is 55.1 Å². The average Bonchev–Trinajstić information content (AvgIpc) is 3.31. The molecule has 0 radical (unpaired) electrons. The van der Waals surface area contributed by atoms with Gasteiger partial charge in [-0.3, -0.25) is 10.1 Å². The van der Waals surface area contributed by atoms with Crippen LogP contribution in [0.4, 0.5) is 23.0 Å². The molecule has 0 atom stereocenters. The molecule has 204 valence electrons.